The van der Waals surface area contributed by atoms with Crippen molar-refractivity contribution in [1.82, 2.24) is 4.57 Å². The maximum Gasteiger partial charge on any atom is 0.0544 e. The molecule has 0 bridgehead atoms. The van der Waals surface area contributed by atoms with Crippen LogP contribution >= 0.6 is 0 Å². The molecule has 6 rings (SSSR count). The van der Waals surface area contributed by atoms with E-state index in [9.17, 15) is 0 Å². The first kappa shape index (κ1) is 18.7. The monoisotopic (exact) mass is 404 g/mol. The Hall–Kier alpha value is -3.10. The molecule has 1 aromatic heterocycles. The van der Waals surface area contributed by atoms with Crippen molar-refractivity contribution in [1.29, 1.82) is 0 Å². The van der Waals surface area contributed by atoms with Crippen LogP contribution in [0.25, 0.3) is 33.8 Å². The lowest BCUT2D eigenvalue weighted by Gasteiger charge is -2.21. The van der Waals surface area contributed by atoms with Crippen molar-refractivity contribution in [2.75, 3.05) is 0 Å². The number of hydrogen-bond donors (Lipinski definition) is 1. The Bertz CT molecular complexity index is 1380. The van der Waals surface area contributed by atoms with E-state index in [1.807, 2.05) is 0 Å². The quantitative estimate of drug-likeness (QED) is 0.386. The standard InChI is InChI=1S/C29H28N2/c1-18-8-6-12-22-27-25(31(28(18)22)20-10-7-9-19(16-20)17-30)15-14-24-26(27)21-11-4-5-13-23(21)29(24,2)3/h4-7,9-16,18H,8,17,30H2,1-3H3. The van der Waals surface area contributed by atoms with Crippen LogP contribution in [0.1, 0.15) is 61.1 Å². The molecule has 0 radical (unpaired) electrons. The third-order valence-electron chi connectivity index (χ3n) is 7.40. The summed E-state index contributed by atoms with van der Waals surface area (Å²) in [5.74, 6) is 0.467. The molecule has 1 heterocycles. The third kappa shape index (κ3) is 2.43. The van der Waals surface area contributed by atoms with Crippen LogP contribution < -0.4 is 5.73 Å². The summed E-state index contributed by atoms with van der Waals surface area (Å²) in [7, 11) is 0. The molecule has 2 aliphatic carbocycles. The number of nitrogens with zero attached hydrogens (tertiary/aromatic N) is 1. The number of nitrogens with two attached hydrogens (primary N) is 1. The second-order valence-electron chi connectivity index (χ2n) is 9.60. The molecular formula is C29H28N2. The number of aromatic nitrogens is 1. The lowest BCUT2D eigenvalue weighted by Crippen LogP contribution is -2.14. The fourth-order valence-electron chi connectivity index (χ4n) is 5.88. The first-order valence-corrected chi connectivity index (χ1v) is 11.3. The fraction of sp³-hybridized carbons (Fsp3) is 0.241. The van der Waals surface area contributed by atoms with Crippen molar-refractivity contribution < 1.29 is 0 Å². The highest BCUT2D eigenvalue weighted by atomic mass is 15.0. The molecule has 1 unspecified atom stereocenters. The Kier molecular flexibility index (Phi) is 3.88. The van der Waals surface area contributed by atoms with Crippen LogP contribution in [0.5, 0.6) is 0 Å². The zero-order chi connectivity index (χ0) is 21.3. The lowest BCUT2D eigenvalue weighted by atomic mass is 9.82. The van der Waals surface area contributed by atoms with E-state index in [-0.39, 0.29) is 5.41 Å². The van der Waals surface area contributed by atoms with Gasteiger partial charge < -0.3 is 10.3 Å². The van der Waals surface area contributed by atoms with Crippen LogP contribution in [-0.4, -0.2) is 4.57 Å². The topological polar surface area (TPSA) is 30.9 Å². The molecule has 2 heteroatoms. The predicted molar refractivity (Wildman–Crippen MR) is 131 cm³/mol. The predicted octanol–water partition coefficient (Wildman–Crippen LogP) is 6.92. The number of hydrogen-bond acceptors (Lipinski definition) is 1. The highest BCUT2D eigenvalue weighted by molar-refractivity contribution is 6.07. The molecule has 0 saturated heterocycles. The molecule has 0 saturated carbocycles. The molecule has 2 N–H and O–H groups in total. The van der Waals surface area contributed by atoms with Gasteiger partial charge in [-0.05, 0) is 52.4 Å². The van der Waals surface area contributed by atoms with Crippen LogP contribution in [0.2, 0.25) is 0 Å². The zero-order valence-electron chi connectivity index (χ0n) is 18.4. The summed E-state index contributed by atoms with van der Waals surface area (Å²) in [6.45, 7) is 7.62. The summed E-state index contributed by atoms with van der Waals surface area (Å²) < 4.78 is 2.49. The highest BCUT2D eigenvalue weighted by Gasteiger charge is 2.38. The average molecular weight is 405 g/mol. The first-order chi connectivity index (χ1) is 15.0. The second kappa shape index (κ2) is 6.45. The molecule has 0 fully saturated rings. The summed E-state index contributed by atoms with van der Waals surface area (Å²) >= 11 is 0. The van der Waals surface area contributed by atoms with Gasteiger partial charge in [-0.1, -0.05) is 75.4 Å². The van der Waals surface area contributed by atoms with Crippen molar-refractivity contribution in [3.05, 3.63) is 94.7 Å². The van der Waals surface area contributed by atoms with Gasteiger partial charge >= 0.3 is 0 Å². The molecule has 4 aromatic rings. The Morgan fingerprint density at radius 1 is 1.00 bits per heavy atom. The first-order valence-electron chi connectivity index (χ1n) is 11.3. The Morgan fingerprint density at radius 2 is 1.84 bits per heavy atom. The summed E-state index contributed by atoms with van der Waals surface area (Å²) in [6, 6.07) is 22.4. The van der Waals surface area contributed by atoms with Crippen LogP contribution in [0.15, 0.2) is 66.7 Å². The van der Waals surface area contributed by atoms with Gasteiger partial charge in [0.1, 0.15) is 0 Å². The number of allylic oxidation sites excluding steroid dienone is 1. The molecule has 31 heavy (non-hydrogen) atoms. The Labute approximate surface area is 184 Å². The molecule has 3 aromatic carbocycles. The van der Waals surface area contributed by atoms with E-state index in [2.05, 4.69) is 98.2 Å². The van der Waals surface area contributed by atoms with Crippen molar-refractivity contribution >= 4 is 17.0 Å². The van der Waals surface area contributed by atoms with E-state index in [0.29, 0.717) is 12.5 Å². The smallest absolute Gasteiger partial charge is 0.0544 e. The van der Waals surface area contributed by atoms with Gasteiger partial charge in [-0.25, -0.2) is 0 Å². The summed E-state index contributed by atoms with van der Waals surface area (Å²) in [4.78, 5) is 0. The van der Waals surface area contributed by atoms with E-state index >= 15 is 0 Å². The average Bonchev–Trinajstić information content (AvgIpc) is 3.25. The molecule has 2 aliphatic rings. The van der Waals surface area contributed by atoms with Gasteiger partial charge in [0.15, 0.2) is 0 Å². The van der Waals surface area contributed by atoms with Crippen LogP contribution in [-0.2, 0) is 12.0 Å². The highest BCUT2D eigenvalue weighted by Crippen LogP contribution is 2.53. The van der Waals surface area contributed by atoms with Gasteiger partial charge in [0.2, 0.25) is 0 Å². The number of benzene rings is 3. The minimum absolute atomic E-state index is 0.0125. The van der Waals surface area contributed by atoms with Crippen molar-refractivity contribution in [2.45, 2.75) is 45.1 Å². The zero-order valence-corrected chi connectivity index (χ0v) is 18.4. The molecule has 1 atom stereocenters. The number of rotatable bonds is 2. The minimum atomic E-state index is 0.0125. The van der Waals surface area contributed by atoms with E-state index in [1.165, 1.54) is 55.7 Å². The van der Waals surface area contributed by atoms with Crippen LogP contribution in [0, 0.1) is 0 Å². The molecule has 154 valence electrons. The van der Waals surface area contributed by atoms with Gasteiger partial charge in [-0.15, -0.1) is 0 Å². The maximum absolute atomic E-state index is 5.99. The SMILES string of the molecule is CC1CC=Cc2c1n(-c1cccc(CN)c1)c1ccc3c(c21)-c1ccccc1C3(C)C. The summed E-state index contributed by atoms with van der Waals surface area (Å²) in [5, 5.41) is 1.39. The Morgan fingerprint density at radius 3 is 2.68 bits per heavy atom. The molecule has 0 aliphatic heterocycles. The second-order valence-corrected chi connectivity index (χ2v) is 9.60. The molecule has 2 nitrogen and oxygen atoms in total. The van der Waals surface area contributed by atoms with Crippen molar-refractivity contribution in [3.63, 3.8) is 0 Å². The van der Waals surface area contributed by atoms with E-state index in [0.717, 1.165) is 6.42 Å². The van der Waals surface area contributed by atoms with Gasteiger partial charge in [-0.3, -0.25) is 0 Å². The van der Waals surface area contributed by atoms with Crippen molar-refractivity contribution in [3.8, 4) is 16.8 Å². The van der Waals surface area contributed by atoms with Crippen LogP contribution in [0.4, 0.5) is 0 Å². The van der Waals surface area contributed by atoms with Gasteiger partial charge in [0.05, 0.1) is 5.52 Å². The van der Waals surface area contributed by atoms with E-state index in [4.69, 9.17) is 5.73 Å². The molecule has 0 amide bonds. The van der Waals surface area contributed by atoms with E-state index in [1.54, 1.807) is 0 Å². The largest absolute Gasteiger partial charge is 0.326 e. The molecule has 0 spiro atoms. The summed E-state index contributed by atoms with van der Waals surface area (Å²) in [6.07, 6.45) is 5.78. The van der Waals surface area contributed by atoms with Gasteiger partial charge in [0, 0.05) is 40.2 Å². The Balaban J connectivity index is 1.78. The fourth-order valence-corrected chi connectivity index (χ4v) is 5.88. The van der Waals surface area contributed by atoms with Gasteiger partial charge in [0.25, 0.3) is 0 Å². The number of fused-ring (bicyclic) bond motifs is 7. The lowest BCUT2D eigenvalue weighted by molar-refractivity contribution is 0.661. The third-order valence-corrected chi connectivity index (χ3v) is 7.40. The van der Waals surface area contributed by atoms with Crippen molar-refractivity contribution in [2.24, 2.45) is 5.73 Å². The maximum atomic E-state index is 5.99. The van der Waals surface area contributed by atoms with E-state index < -0.39 is 0 Å². The molecular weight excluding hydrogens is 376 g/mol. The summed E-state index contributed by atoms with van der Waals surface area (Å²) in [5.41, 5.74) is 18.1. The normalized spacial score (nSPS) is 18.1. The van der Waals surface area contributed by atoms with Crippen LogP contribution in [0.3, 0.4) is 0 Å². The van der Waals surface area contributed by atoms with Gasteiger partial charge in [-0.2, -0.15) is 0 Å². The minimum Gasteiger partial charge on any atom is -0.326 e.